The number of hydrogen-bond acceptors (Lipinski definition) is 12. The molecule has 0 aliphatic heterocycles. The summed E-state index contributed by atoms with van der Waals surface area (Å²) in [6.45, 7) is 18.2. The van der Waals surface area contributed by atoms with Gasteiger partial charge in [-0.2, -0.15) is 0 Å². The van der Waals surface area contributed by atoms with E-state index < -0.39 is 84.4 Å². The minimum atomic E-state index is -1.28. The molecule has 0 aliphatic rings. The summed E-state index contributed by atoms with van der Waals surface area (Å²) in [7, 11) is 0. The first kappa shape index (κ1) is 43.2. The van der Waals surface area contributed by atoms with E-state index in [0.29, 0.717) is 0 Å². The van der Waals surface area contributed by atoms with E-state index in [1.54, 1.807) is 83.1 Å². The van der Waals surface area contributed by atoms with E-state index in [0.717, 1.165) is 0 Å². The Balaban J connectivity index is 6.65. The van der Waals surface area contributed by atoms with Gasteiger partial charge in [-0.3, -0.25) is 38.6 Å². The number of carbonyl (C=O) groups excluding carboxylic acids is 6. The van der Waals surface area contributed by atoms with Gasteiger partial charge in [0.2, 0.25) is 11.8 Å². The van der Waals surface area contributed by atoms with Crippen molar-refractivity contribution in [3.8, 4) is 0 Å². The molecule has 46 heavy (non-hydrogen) atoms. The molecule has 0 aromatic heterocycles. The number of esters is 4. The molecule has 0 aromatic rings. The third-order valence-corrected chi connectivity index (χ3v) is 5.60. The van der Waals surface area contributed by atoms with Gasteiger partial charge in [0.25, 0.3) is 0 Å². The number of hydrogen-bond donors (Lipinski definition) is 2. The number of halogens is 1. The van der Waals surface area contributed by atoms with Gasteiger partial charge >= 0.3 is 23.9 Å². The average molecular weight is 724 g/mol. The first-order chi connectivity index (χ1) is 20.7. The zero-order chi connectivity index (χ0) is 36.1. The molecule has 1 atom stereocenters. The first-order valence-corrected chi connectivity index (χ1v) is 16.3. The fourth-order valence-electron chi connectivity index (χ4n) is 3.81. The molecule has 1 unspecified atom stereocenters. The first-order valence-electron chi connectivity index (χ1n) is 15.1. The fourth-order valence-corrected chi connectivity index (χ4v) is 4.01. The van der Waals surface area contributed by atoms with Crippen molar-refractivity contribution in [2.45, 2.75) is 112 Å². The van der Waals surface area contributed by atoms with Gasteiger partial charge in [-0.25, -0.2) is 0 Å². The van der Waals surface area contributed by atoms with Gasteiger partial charge in [0.1, 0.15) is 28.4 Å². The van der Waals surface area contributed by atoms with Crippen molar-refractivity contribution in [1.29, 1.82) is 0 Å². The molecule has 2 amide bonds. The van der Waals surface area contributed by atoms with E-state index in [4.69, 9.17) is 18.9 Å². The molecule has 0 saturated heterocycles. The molecule has 266 valence electrons. The van der Waals surface area contributed by atoms with Crippen molar-refractivity contribution >= 4 is 51.6 Å². The number of nitrogens with one attached hydrogen (secondary N) is 2. The Morgan fingerprint density at radius 1 is 0.565 bits per heavy atom. The van der Waals surface area contributed by atoms with Crippen LogP contribution < -0.4 is 10.6 Å². The predicted molar refractivity (Wildman–Crippen MR) is 175 cm³/mol. The van der Waals surface area contributed by atoms with Crippen LogP contribution >= 0.6 is 15.9 Å². The van der Waals surface area contributed by atoms with Gasteiger partial charge in [-0.05, 0) is 83.1 Å². The Bertz CT molecular complexity index is 996. The van der Waals surface area contributed by atoms with Crippen molar-refractivity contribution in [2.24, 2.45) is 0 Å². The molecule has 0 spiro atoms. The van der Waals surface area contributed by atoms with E-state index in [1.807, 2.05) is 0 Å². The minimum Gasteiger partial charge on any atom is -0.459 e. The largest absolute Gasteiger partial charge is 0.459 e. The second kappa shape index (κ2) is 18.5. The van der Waals surface area contributed by atoms with Crippen molar-refractivity contribution in [3.05, 3.63) is 0 Å². The smallest absolute Gasteiger partial charge is 0.320 e. The van der Waals surface area contributed by atoms with Gasteiger partial charge in [-0.1, -0.05) is 15.9 Å². The van der Waals surface area contributed by atoms with Gasteiger partial charge in [0.15, 0.2) is 0 Å². The highest BCUT2D eigenvalue weighted by molar-refractivity contribution is 9.09. The average Bonchev–Trinajstić information content (AvgIpc) is 2.79. The molecule has 14 nitrogen and oxygen atoms in total. The van der Waals surface area contributed by atoms with Crippen LogP contribution in [0.5, 0.6) is 0 Å². The summed E-state index contributed by atoms with van der Waals surface area (Å²) in [6, 6.07) is -1.28. The summed E-state index contributed by atoms with van der Waals surface area (Å²) in [5.74, 6) is -3.70. The lowest BCUT2D eigenvalue weighted by Gasteiger charge is -2.34. The van der Waals surface area contributed by atoms with Gasteiger partial charge in [-0.15, -0.1) is 0 Å². The third-order valence-electron chi connectivity index (χ3n) is 5.09. The lowest BCUT2D eigenvalue weighted by atomic mass is 10.1. The summed E-state index contributed by atoms with van der Waals surface area (Å²) in [6.07, 6.45) is 0. The third kappa shape index (κ3) is 22.7. The van der Waals surface area contributed by atoms with Crippen LogP contribution in [0.15, 0.2) is 0 Å². The number of nitrogens with zero attached hydrogens (tertiary/aromatic N) is 2. The zero-order valence-electron chi connectivity index (χ0n) is 29.6. The standard InChI is InChI=1S/C31H55BrN4O10/c1-28(2,3)43-23(38)17-35(18-24(39)44-29(4,5)6)16-21(27(42)34-14-13-33-22(37)15-32)36(19-25(40)45-30(7,8)9)20-26(41)46-31(10,11)12/h21H,13-20H2,1-12H3,(H,33,37)(H,34,42). The van der Waals surface area contributed by atoms with Crippen LogP contribution in [0.3, 0.4) is 0 Å². The van der Waals surface area contributed by atoms with E-state index >= 15 is 0 Å². The molecule has 2 N–H and O–H groups in total. The van der Waals surface area contributed by atoms with Crippen LogP contribution in [0, 0.1) is 0 Å². The minimum absolute atomic E-state index is 0.0128. The van der Waals surface area contributed by atoms with Crippen LogP contribution in [-0.4, -0.2) is 125 Å². The van der Waals surface area contributed by atoms with Gasteiger partial charge in [0.05, 0.1) is 31.5 Å². The summed E-state index contributed by atoms with van der Waals surface area (Å²) < 4.78 is 21.9. The van der Waals surface area contributed by atoms with Crippen LogP contribution in [-0.2, 0) is 47.7 Å². The van der Waals surface area contributed by atoms with Gasteiger partial charge < -0.3 is 29.6 Å². The molecule has 0 bridgehead atoms. The maximum absolute atomic E-state index is 13.8. The SMILES string of the molecule is CC(C)(C)OC(=O)CN(CC(=O)OC(C)(C)C)CC(C(=O)NCCNC(=O)CBr)N(CC(=O)OC(C)(C)C)CC(=O)OC(C)(C)C. The molecule has 0 radical (unpaired) electrons. The summed E-state index contributed by atoms with van der Waals surface area (Å²) >= 11 is 3.05. The lowest BCUT2D eigenvalue weighted by molar-refractivity contribution is -0.165. The quantitative estimate of drug-likeness (QED) is 0.103. The Morgan fingerprint density at radius 3 is 1.22 bits per heavy atom. The van der Waals surface area contributed by atoms with Gasteiger partial charge in [0, 0.05) is 19.6 Å². The Morgan fingerprint density at radius 2 is 0.891 bits per heavy atom. The highest BCUT2D eigenvalue weighted by atomic mass is 79.9. The second-order valence-electron chi connectivity index (χ2n) is 14.7. The predicted octanol–water partition coefficient (Wildman–Crippen LogP) is 1.95. The molecule has 0 fully saturated rings. The Labute approximate surface area is 282 Å². The monoisotopic (exact) mass is 722 g/mol. The second-order valence-corrected chi connectivity index (χ2v) is 15.3. The number of alkyl halides is 1. The van der Waals surface area contributed by atoms with E-state index in [2.05, 4.69) is 26.6 Å². The van der Waals surface area contributed by atoms with Crippen LogP contribution in [0.25, 0.3) is 0 Å². The molecular weight excluding hydrogens is 668 g/mol. The number of amides is 2. The van der Waals surface area contributed by atoms with E-state index in [9.17, 15) is 28.8 Å². The zero-order valence-corrected chi connectivity index (χ0v) is 31.2. The highest BCUT2D eigenvalue weighted by Gasteiger charge is 2.35. The highest BCUT2D eigenvalue weighted by Crippen LogP contribution is 2.15. The van der Waals surface area contributed by atoms with Crippen molar-refractivity contribution in [1.82, 2.24) is 20.4 Å². The summed E-state index contributed by atoms with van der Waals surface area (Å²) in [5, 5.41) is 5.39. The summed E-state index contributed by atoms with van der Waals surface area (Å²) in [5.41, 5.74) is -3.38. The van der Waals surface area contributed by atoms with Crippen LogP contribution in [0.2, 0.25) is 0 Å². The van der Waals surface area contributed by atoms with Crippen molar-refractivity contribution in [3.63, 3.8) is 0 Å². The number of rotatable bonds is 16. The molecule has 0 saturated carbocycles. The van der Waals surface area contributed by atoms with E-state index in [1.165, 1.54) is 9.80 Å². The summed E-state index contributed by atoms with van der Waals surface area (Å²) in [4.78, 5) is 79.9. The number of carbonyl (C=O) groups is 6. The van der Waals surface area contributed by atoms with Crippen LogP contribution in [0.1, 0.15) is 83.1 Å². The van der Waals surface area contributed by atoms with Crippen molar-refractivity contribution < 1.29 is 47.7 Å². The molecule has 0 aliphatic carbocycles. The fraction of sp³-hybridized carbons (Fsp3) is 0.806. The Kier molecular flexibility index (Phi) is 17.4. The normalized spacial score (nSPS) is 13.1. The molecular formula is C31H55BrN4O10. The molecule has 15 heteroatoms. The Hall–Kier alpha value is -2.78. The molecule has 0 heterocycles. The lowest BCUT2D eigenvalue weighted by Crippen LogP contribution is -2.57. The van der Waals surface area contributed by atoms with Crippen LogP contribution in [0.4, 0.5) is 0 Å². The van der Waals surface area contributed by atoms with Crippen molar-refractivity contribution in [2.75, 3.05) is 51.1 Å². The number of ether oxygens (including phenoxy) is 4. The molecule has 0 aromatic carbocycles. The maximum atomic E-state index is 13.8. The topological polar surface area (TPSA) is 170 Å². The maximum Gasteiger partial charge on any atom is 0.320 e. The van der Waals surface area contributed by atoms with E-state index in [-0.39, 0.29) is 30.9 Å². The molecule has 0 rings (SSSR count).